The summed E-state index contributed by atoms with van der Waals surface area (Å²) in [6, 6.07) is 12.5. The minimum absolute atomic E-state index is 0.469. The molecule has 0 saturated heterocycles. The van der Waals surface area contributed by atoms with Crippen LogP contribution in [0.2, 0.25) is 0 Å². The minimum atomic E-state index is -6.11. The van der Waals surface area contributed by atoms with E-state index in [0.29, 0.717) is 0 Å². The molecule has 29 heavy (non-hydrogen) atoms. The quantitative estimate of drug-likeness (QED) is 0.247. The molecule has 3 nitrogen and oxygen atoms in total. The SMILES string of the molecule is CN(C)c1ccc2c(c1)S(Cl)=c1cc(N(C)C)ccc1=N2.[Cl][Mn]([Cl])([Cl])([Cl])([Cl])([Cl])[Cl]. The third-order valence-electron chi connectivity index (χ3n) is 3.55. The van der Waals surface area contributed by atoms with Gasteiger partial charge in [-0.2, -0.15) is 0 Å². The monoisotopic (exact) mass is 619 g/mol. The molecule has 0 aliphatic carbocycles. The van der Waals surface area contributed by atoms with Crippen LogP contribution in [-0.4, -0.2) is 28.2 Å². The molecule has 13 heteroatoms. The molecule has 0 N–H and O–H groups in total. The first-order chi connectivity index (χ1) is 12.6. The molecule has 0 spiro atoms. The Bertz CT molecular complexity index is 1090. The van der Waals surface area contributed by atoms with Gasteiger partial charge in [-0.25, -0.2) is 4.99 Å². The summed E-state index contributed by atoms with van der Waals surface area (Å²) < 4.78 is -5.01. The fourth-order valence-corrected chi connectivity index (χ4v) is 4.30. The van der Waals surface area contributed by atoms with Crippen LogP contribution in [0.4, 0.5) is 17.1 Å². The van der Waals surface area contributed by atoms with E-state index in [1.165, 1.54) is 0 Å². The molecule has 1 aliphatic rings. The number of anilines is 2. The Kier molecular flexibility index (Phi) is 6.58. The van der Waals surface area contributed by atoms with E-state index in [9.17, 15) is 0 Å². The fourth-order valence-electron chi connectivity index (χ4n) is 2.28. The molecular formula is C16H18Cl8MnN3S. The van der Waals surface area contributed by atoms with Crippen molar-refractivity contribution in [3.8, 4) is 0 Å². The maximum absolute atomic E-state index is 6.76. The van der Waals surface area contributed by atoms with Gasteiger partial charge in [0.25, 0.3) is 0 Å². The van der Waals surface area contributed by atoms with E-state index in [1.807, 2.05) is 28.2 Å². The van der Waals surface area contributed by atoms with Crippen molar-refractivity contribution < 1.29 is 3.30 Å². The van der Waals surface area contributed by atoms with E-state index in [0.717, 1.165) is 31.8 Å². The van der Waals surface area contributed by atoms with Crippen LogP contribution >= 0.6 is 91.1 Å². The number of hydrogen-bond acceptors (Lipinski definition) is 3. The van der Waals surface area contributed by atoms with E-state index < -0.39 is 13.0 Å². The zero-order valence-electron chi connectivity index (χ0n) is 15.6. The van der Waals surface area contributed by atoms with Crippen molar-refractivity contribution in [3.05, 3.63) is 46.3 Å². The number of benzene rings is 2. The molecule has 2 aromatic carbocycles. The molecule has 0 radical (unpaired) electrons. The summed E-state index contributed by atoms with van der Waals surface area (Å²) in [5.41, 5.74) is 3.27. The van der Waals surface area contributed by atoms with Crippen LogP contribution in [0.15, 0.2) is 46.3 Å². The van der Waals surface area contributed by atoms with Crippen LogP contribution in [0.5, 0.6) is 0 Å². The molecule has 0 fully saturated rings. The predicted molar refractivity (Wildman–Crippen MR) is 134 cm³/mol. The Labute approximate surface area is 203 Å². The van der Waals surface area contributed by atoms with Crippen molar-refractivity contribution in [2.75, 3.05) is 38.0 Å². The van der Waals surface area contributed by atoms with Crippen LogP contribution in [0.1, 0.15) is 0 Å². The van der Waals surface area contributed by atoms with Crippen molar-refractivity contribution in [2.45, 2.75) is 4.90 Å². The first-order valence-corrected chi connectivity index (χ1v) is 21.1. The van der Waals surface area contributed by atoms with Gasteiger partial charge in [0.2, 0.25) is 0 Å². The van der Waals surface area contributed by atoms with Crippen molar-refractivity contribution in [2.24, 2.45) is 4.99 Å². The summed E-state index contributed by atoms with van der Waals surface area (Å²) in [6.07, 6.45) is 0. The van der Waals surface area contributed by atoms with Crippen LogP contribution in [0.25, 0.3) is 0 Å². The number of fused-ring (bicyclic) bond motifs is 2. The first-order valence-electron chi connectivity index (χ1n) is 7.72. The van der Waals surface area contributed by atoms with Gasteiger partial charge in [-0.1, -0.05) is 9.70 Å². The number of halogens is 8. The van der Waals surface area contributed by atoms with Gasteiger partial charge < -0.3 is 9.80 Å². The topological polar surface area (TPSA) is 18.8 Å². The Hall–Kier alpha value is 1.03. The number of hydrogen-bond donors (Lipinski definition) is 0. The van der Waals surface area contributed by atoms with Gasteiger partial charge in [-0.05, 0) is 47.1 Å². The van der Waals surface area contributed by atoms with Crippen LogP contribution in [0, 0.1) is 4.51 Å². The van der Waals surface area contributed by atoms with Crippen LogP contribution < -0.4 is 15.2 Å². The van der Waals surface area contributed by atoms with Crippen molar-refractivity contribution in [3.63, 3.8) is 0 Å². The third-order valence-corrected chi connectivity index (χ3v) is 5.97. The summed E-state index contributed by atoms with van der Waals surface area (Å²) in [4.78, 5) is 10.0. The van der Waals surface area contributed by atoms with E-state index in [2.05, 4.69) is 46.2 Å². The van der Waals surface area contributed by atoms with Crippen molar-refractivity contribution in [1.29, 1.82) is 0 Å². The predicted octanol–water partition coefficient (Wildman–Crippen LogP) is 8.64. The van der Waals surface area contributed by atoms with E-state index >= 15 is 0 Å². The average molecular weight is 623 g/mol. The van der Waals surface area contributed by atoms with Gasteiger partial charge in [0.1, 0.15) is 0 Å². The Morgan fingerprint density at radius 2 is 1.21 bits per heavy atom. The van der Waals surface area contributed by atoms with Crippen LogP contribution in [-0.2, 0) is 3.30 Å². The van der Waals surface area contributed by atoms with Gasteiger partial charge in [-0.3, -0.25) is 0 Å². The summed E-state index contributed by atoms with van der Waals surface area (Å²) in [7, 11) is 49.7. The molecule has 3 rings (SSSR count). The van der Waals surface area contributed by atoms with Crippen molar-refractivity contribution in [1.82, 2.24) is 0 Å². The standard InChI is InChI=1S/C16H18ClN3S.7ClH.Mn/c1-19(2)11-5-7-13-15(9-11)21(17)16-10-12(20(3)4)6-8-14(16)18-13;;;;;;;;/h5-10H,1-4H3;7*1H;/q;;;;;;;;+7/p-7. The zero-order valence-corrected chi connectivity index (χ0v) is 23.7. The second-order valence-electron chi connectivity index (χ2n) is 6.59. The summed E-state index contributed by atoms with van der Waals surface area (Å²) in [6.45, 7) is 0. The molecule has 0 saturated carbocycles. The summed E-state index contributed by atoms with van der Waals surface area (Å²) in [5.74, 6) is 0. The molecule has 1 heterocycles. The second kappa shape index (κ2) is 7.27. The van der Waals surface area contributed by atoms with Crippen LogP contribution in [0.3, 0.4) is 0 Å². The van der Waals surface area contributed by atoms with Gasteiger partial charge >= 0.3 is 74.0 Å². The number of nitrogens with zero attached hydrogens (tertiary/aromatic N) is 3. The number of rotatable bonds is 2. The molecule has 1 aliphatic heterocycles. The molecule has 0 aromatic heterocycles. The molecule has 1 unspecified atom stereocenters. The zero-order chi connectivity index (χ0) is 22.5. The van der Waals surface area contributed by atoms with Gasteiger partial charge in [-0.15, -0.1) is 0 Å². The molecule has 0 amide bonds. The average Bonchev–Trinajstić information content (AvgIpc) is 2.51. The van der Waals surface area contributed by atoms with Gasteiger partial charge in [0.05, 0.1) is 11.0 Å². The molecule has 1 atom stereocenters. The molecule has 2 aromatic rings. The fraction of sp³-hybridized carbons (Fsp3) is 0.250. The normalized spacial score (nSPS) is 18.9. The Balaban J connectivity index is 0.000000321. The maximum atomic E-state index is 6.76. The van der Waals surface area contributed by atoms with E-state index in [4.69, 9.17) is 86.4 Å². The first kappa shape index (κ1) is 26.3. The van der Waals surface area contributed by atoms with E-state index in [-0.39, 0.29) is 0 Å². The summed E-state index contributed by atoms with van der Waals surface area (Å²) >= 11 is 0. The summed E-state index contributed by atoms with van der Waals surface area (Å²) in [5, 5.41) is 0.976. The van der Waals surface area contributed by atoms with Gasteiger partial charge in [0.15, 0.2) is 0 Å². The second-order valence-corrected chi connectivity index (χ2v) is 49.9. The van der Waals surface area contributed by atoms with Crippen molar-refractivity contribution >= 4 is 108 Å². The molecular weight excluding hydrogens is 605 g/mol. The Morgan fingerprint density at radius 1 is 0.759 bits per heavy atom. The van der Waals surface area contributed by atoms with E-state index in [1.54, 1.807) is 0 Å². The van der Waals surface area contributed by atoms with Gasteiger partial charge in [0, 0.05) is 49.0 Å². The third kappa shape index (κ3) is 9.59. The molecule has 0 bridgehead atoms. The molecule has 166 valence electrons. The Morgan fingerprint density at radius 3 is 1.69 bits per heavy atom.